The Balaban J connectivity index is 1.56. The zero-order valence-corrected chi connectivity index (χ0v) is 24.8. The number of ketones is 1. The molecule has 6 nitrogen and oxygen atoms in total. The van der Waals surface area contributed by atoms with Crippen LogP contribution in [0.4, 0.5) is 5.13 Å². The number of hydrogen-bond donors (Lipinski definition) is 1. The van der Waals surface area contributed by atoms with Crippen molar-refractivity contribution in [2.45, 2.75) is 56.7 Å². The van der Waals surface area contributed by atoms with Crippen molar-refractivity contribution in [3.05, 3.63) is 111 Å². The van der Waals surface area contributed by atoms with Gasteiger partial charge in [0.05, 0.1) is 11.6 Å². The number of aliphatic hydroxyl groups excluding tert-OH is 1. The van der Waals surface area contributed by atoms with Gasteiger partial charge in [0.2, 0.25) is 5.13 Å². The van der Waals surface area contributed by atoms with Crippen LogP contribution in [0.25, 0.3) is 5.76 Å². The van der Waals surface area contributed by atoms with Gasteiger partial charge >= 0.3 is 5.91 Å². The second-order valence-corrected chi connectivity index (χ2v) is 12.6. The van der Waals surface area contributed by atoms with Crippen molar-refractivity contribution in [2.24, 2.45) is 0 Å². The minimum absolute atomic E-state index is 0.0556. The molecule has 0 saturated carbocycles. The van der Waals surface area contributed by atoms with Gasteiger partial charge in [-0.15, -0.1) is 10.2 Å². The second-order valence-electron chi connectivity index (χ2n) is 10.4. The standard InChI is InChI=1S/C32H31N3O3S2/c1-18(2)23-12-14-24(15-13-23)27-26(28(36)25-16-20(4)6-9-21(25)5)29(37)30(38)35(27)31-33-34-32(40-31)39-17-22-10-7-19(3)8-11-22/h6-16,18,27,36H,17H2,1-5H3/b28-26+. The van der Waals surface area contributed by atoms with Gasteiger partial charge in [-0.05, 0) is 55.0 Å². The number of thioether (sulfide) groups is 1. The third-order valence-corrected chi connectivity index (χ3v) is 9.22. The van der Waals surface area contributed by atoms with Gasteiger partial charge in [0.1, 0.15) is 5.76 Å². The Kier molecular flexibility index (Phi) is 7.92. The highest BCUT2D eigenvalue weighted by atomic mass is 32.2. The summed E-state index contributed by atoms with van der Waals surface area (Å²) in [5, 5.41) is 20.5. The largest absolute Gasteiger partial charge is 0.507 e. The molecule has 1 aliphatic rings. The van der Waals surface area contributed by atoms with Gasteiger partial charge in [0.25, 0.3) is 5.78 Å². The van der Waals surface area contributed by atoms with Crippen molar-refractivity contribution in [3.63, 3.8) is 0 Å². The topological polar surface area (TPSA) is 83.4 Å². The van der Waals surface area contributed by atoms with E-state index in [1.54, 1.807) is 0 Å². The zero-order chi connectivity index (χ0) is 28.6. The highest BCUT2D eigenvalue weighted by molar-refractivity contribution is 8.00. The first-order chi connectivity index (χ1) is 19.1. The lowest BCUT2D eigenvalue weighted by atomic mass is 9.92. The number of nitrogens with zero attached hydrogens (tertiary/aromatic N) is 3. The molecule has 1 fully saturated rings. The molecule has 204 valence electrons. The minimum atomic E-state index is -0.830. The Morgan fingerprint density at radius 1 is 0.950 bits per heavy atom. The number of aromatic nitrogens is 2. The Morgan fingerprint density at radius 2 is 1.62 bits per heavy atom. The van der Waals surface area contributed by atoms with Crippen LogP contribution >= 0.6 is 23.1 Å². The van der Waals surface area contributed by atoms with Crippen molar-refractivity contribution < 1.29 is 14.7 Å². The van der Waals surface area contributed by atoms with Crippen LogP contribution < -0.4 is 4.90 Å². The SMILES string of the molecule is Cc1ccc(CSc2nnc(N3C(=O)C(=O)/C(=C(/O)c4cc(C)ccc4C)C3c3ccc(C(C)C)cc3)s2)cc1. The van der Waals surface area contributed by atoms with Crippen LogP contribution in [0.1, 0.15) is 64.8 Å². The number of anilines is 1. The van der Waals surface area contributed by atoms with Crippen molar-refractivity contribution in [2.75, 3.05) is 4.90 Å². The summed E-state index contributed by atoms with van der Waals surface area (Å²) in [5.41, 5.74) is 6.57. The van der Waals surface area contributed by atoms with Gasteiger partial charge in [-0.2, -0.15) is 0 Å². The fraction of sp³-hybridized carbons (Fsp3) is 0.250. The van der Waals surface area contributed by atoms with E-state index in [0.29, 0.717) is 26.7 Å². The van der Waals surface area contributed by atoms with E-state index in [-0.39, 0.29) is 11.3 Å². The lowest BCUT2D eigenvalue weighted by molar-refractivity contribution is -0.132. The monoisotopic (exact) mass is 569 g/mol. The van der Waals surface area contributed by atoms with Crippen LogP contribution in [0.15, 0.2) is 76.6 Å². The van der Waals surface area contributed by atoms with Crippen LogP contribution in [0.3, 0.4) is 0 Å². The summed E-state index contributed by atoms with van der Waals surface area (Å²) in [6, 6.07) is 21.0. The van der Waals surface area contributed by atoms with Gasteiger partial charge < -0.3 is 5.11 Å². The summed E-state index contributed by atoms with van der Waals surface area (Å²) in [6.07, 6.45) is 0. The number of rotatable bonds is 7. The molecule has 1 N–H and O–H groups in total. The maximum Gasteiger partial charge on any atom is 0.301 e. The molecule has 3 aromatic carbocycles. The molecular weight excluding hydrogens is 539 g/mol. The van der Waals surface area contributed by atoms with Gasteiger partial charge in [-0.3, -0.25) is 14.5 Å². The summed E-state index contributed by atoms with van der Waals surface area (Å²) in [4.78, 5) is 28.5. The van der Waals surface area contributed by atoms with Crippen molar-refractivity contribution >= 4 is 45.7 Å². The Bertz CT molecular complexity index is 1610. The molecule has 0 spiro atoms. The molecule has 0 aliphatic carbocycles. The van der Waals surface area contributed by atoms with Gasteiger partial charge in [0, 0.05) is 11.3 Å². The molecule has 0 radical (unpaired) electrons. The maximum absolute atomic E-state index is 13.5. The molecular formula is C32H31N3O3S2. The average molecular weight is 570 g/mol. The summed E-state index contributed by atoms with van der Waals surface area (Å²) >= 11 is 2.80. The van der Waals surface area contributed by atoms with Gasteiger partial charge in [-0.25, -0.2) is 0 Å². The van der Waals surface area contributed by atoms with Crippen LogP contribution in [0.2, 0.25) is 0 Å². The number of Topliss-reactive ketones (excluding diaryl/α,β-unsaturated/α-hetero) is 1. The molecule has 1 aromatic heterocycles. The Morgan fingerprint density at radius 3 is 2.30 bits per heavy atom. The van der Waals surface area contributed by atoms with E-state index in [1.165, 1.54) is 33.6 Å². The maximum atomic E-state index is 13.5. The van der Waals surface area contributed by atoms with E-state index >= 15 is 0 Å². The van der Waals surface area contributed by atoms with Crippen LogP contribution in [-0.4, -0.2) is 27.0 Å². The predicted molar refractivity (Wildman–Crippen MR) is 162 cm³/mol. The number of carbonyl (C=O) groups is 2. The van der Waals surface area contributed by atoms with E-state index in [4.69, 9.17) is 0 Å². The third kappa shape index (κ3) is 5.46. The molecule has 2 heterocycles. The first-order valence-electron chi connectivity index (χ1n) is 13.1. The quantitative estimate of drug-likeness (QED) is 0.0816. The van der Waals surface area contributed by atoms with Crippen molar-refractivity contribution in [1.29, 1.82) is 0 Å². The normalized spacial score (nSPS) is 16.8. The lowest BCUT2D eigenvalue weighted by Crippen LogP contribution is -2.29. The molecule has 4 aromatic rings. The molecule has 1 saturated heterocycles. The van der Waals surface area contributed by atoms with Crippen LogP contribution in [-0.2, 0) is 15.3 Å². The Labute approximate surface area is 242 Å². The molecule has 0 bridgehead atoms. The summed E-state index contributed by atoms with van der Waals surface area (Å²) in [6.45, 7) is 10.1. The third-order valence-electron chi connectivity index (χ3n) is 7.10. The number of amides is 1. The van der Waals surface area contributed by atoms with Crippen molar-refractivity contribution in [1.82, 2.24) is 10.2 Å². The second kappa shape index (κ2) is 11.4. The van der Waals surface area contributed by atoms with Crippen LogP contribution in [0.5, 0.6) is 0 Å². The summed E-state index contributed by atoms with van der Waals surface area (Å²) in [5.74, 6) is -0.609. The van der Waals surface area contributed by atoms with E-state index in [9.17, 15) is 14.7 Å². The Hall–Kier alpha value is -3.75. The highest BCUT2D eigenvalue weighted by Crippen LogP contribution is 2.44. The number of aliphatic hydroxyl groups is 1. The number of hydrogen-bond acceptors (Lipinski definition) is 7. The highest BCUT2D eigenvalue weighted by Gasteiger charge is 2.48. The molecule has 1 aliphatic heterocycles. The number of carbonyl (C=O) groups excluding carboxylic acids is 2. The smallest absolute Gasteiger partial charge is 0.301 e. The fourth-order valence-electron chi connectivity index (χ4n) is 4.73. The minimum Gasteiger partial charge on any atom is -0.507 e. The van der Waals surface area contributed by atoms with Gasteiger partial charge in [0.15, 0.2) is 4.34 Å². The summed E-state index contributed by atoms with van der Waals surface area (Å²) < 4.78 is 0.695. The molecule has 5 rings (SSSR count). The van der Waals surface area contributed by atoms with Crippen molar-refractivity contribution in [3.8, 4) is 0 Å². The predicted octanol–water partition coefficient (Wildman–Crippen LogP) is 7.51. The first-order valence-corrected chi connectivity index (χ1v) is 14.9. The average Bonchev–Trinajstić information content (AvgIpc) is 3.51. The molecule has 1 unspecified atom stereocenters. The fourth-order valence-corrected chi connectivity index (χ4v) is 6.56. The van der Waals surface area contributed by atoms with E-state index in [0.717, 1.165) is 27.8 Å². The summed E-state index contributed by atoms with van der Waals surface area (Å²) in [7, 11) is 0. The van der Waals surface area contributed by atoms with Crippen LogP contribution in [0, 0.1) is 20.8 Å². The number of aryl methyl sites for hydroxylation is 3. The molecule has 1 atom stereocenters. The molecule has 8 heteroatoms. The molecule has 40 heavy (non-hydrogen) atoms. The zero-order valence-electron chi connectivity index (χ0n) is 23.1. The first kappa shape index (κ1) is 27.8. The molecule has 1 amide bonds. The number of benzene rings is 3. The van der Waals surface area contributed by atoms with E-state index < -0.39 is 17.7 Å². The van der Waals surface area contributed by atoms with E-state index in [2.05, 4.69) is 55.2 Å². The lowest BCUT2D eigenvalue weighted by Gasteiger charge is -2.23. The van der Waals surface area contributed by atoms with E-state index in [1.807, 2.05) is 56.3 Å². The van der Waals surface area contributed by atoms with Gasteiger partial charge in [-0.1, -0.05) is 109 Å².